The summed E-state index contributed by atoms with van der Waals surface area (Å²) < 4.78 is 24.1. The molecule has 0 aliphatic rings. The van der Waals surface area contributed by atoms with E-state index in [1.807, 2.05) is 32.9 Å². The minimum absolute atomic E-state index is 0.159. The summed E-state index contributed by atoms with van der Waals surface area (Å²) in [5.74, 6) is 2.52. The van der Waals surface area contributed by atoms with Crippen molar-refractivity contribution in [2.45, 2.75) is 120 Å². The molecule has 266 valence electrons. The number of carbonyl (C=O) groups excluding carboxylic acids is 2. The van der Waals surface area contributed by atoms with Gasteiger partial charge < -0.3 is 18.9 Å². The fourth-order valence-electron chi connectivity index (χ4n) is 7.12. The quantitative estimate of drug-likeness (QED) is 0.110. The first-order chi connectivity index (χ1) is 23.2. The van der Waals surface area contributed by atoms with Crippen molar-refractivity contribution in [2.24, 2.45) is 0 Å². The standard InChI is InChI=1S/C44H54O6/c1-26-22-37(14-16-39(26)47-33(8)45)32(7)38-15-17-40(27(2)23-38)49-43(10,11)25-44(12,13)50-42-30(5)20-36(21-31(42)6)24-35-18-28(3)41(29(4)19-35)48-34(9)46/h14-23,32H,24-25H2,1-13H3. The highest BCUT2D eigenvalue weighted by molar-refractivity contribution is 5.71. The highest BCUT2D eigenvalue weighted by atomic mass is 16.5. The molecule has 6 nitrogen and oxygen atoms in total. The fourth-order valence-corrected chi connectivity index (χ4v) is 7.12. The topological polar surface area (TPSA) is 71.1 Å². The first-order valence-corrected chi connectivity index (χ1v) is 17.4. The zero-order valence-corrected chi connectivity index (χ0v) is 32.2. The van der Waals surface area contributed by atoms with Crippen LogP contribution in [0.5, 0.6) is 23.0 Å². The van der Waals surface area contributed by atoms with Crippen LogP contribution in [0.15, 0.2) is 60.7 Å². The number of hydrogen-bond donors (Lipinski definition) is 0. The summed E-state index contributed by atoms with van der Waals surface area (Å²) in [6.07, 6.45) is 1.44. The maximum absolute atomic E-state index is 11.5. The Labute approximate surface area is 299 Å². The lowest BCUT2D eigenvalue weighted by Crippen LogP contribution is -2.41. The highest BCUT2D eigenvalue weighted by Crippen LogP contribution is 2.37. The maximum Gasteiger partial charge on any atom is 0.308 e. The summed E-state index contributed by atoms with van der Waals surface area (Å²) in [4.78, 5) is 22.9. The number of carbonyl (C=O) groups is 2. The lowest BCUT2D eigenvalue weighted by atomic mass is 9.90. The summed E-state index contributed by atoms with van der Waals surface area (Å²) in [6.45, 7) is 25.7. The van der Waals surface area contributed by atoms with E-state index in [9.17, 15) is 9.59 Å². The number of rotatable bonds is 12. The van der Waals surface area contributed by atoms with Crippen LogP contribution < -0.4 is 18.9 Å². The molecule has 0 saturated carbocycles. The summed E-state index contributed by atoms with van der Waals surface area (Å²) in [6, 6.07) is 20.9. The lowest BCUT2D eigenvalue weighted by molar-refractivity contribution is -0.132. The van der Waals surface area contributed by atoms with Crippen LogP contribution in [0.1, 0.15) is 116 Å². The molecule has 6 heteroatoms. The molecule has 0 amide bonds. The van der Waals surface area contributed by atoms with E-state index < -0.39 is 11.2 Å². The summed E-state index contributed by atoms with van der Waals surface area (Å²) in [5, 5.41) is 0. The average molecular weight is 679 g/mol. The smallest absolute Gasteiger partial charge is 0.308 e. The minimum Gasteiger partial charge on any atom is -0.487 e. The zero-order valence-electron chi connectivity index (χ0n) is 32.2. The Hall–Kier alpha value is -4.58. The largest absolute Gasteiger partial charge is 0.487 e. The van der Waals surface area contributed by atoms with Crippen molar-refractivity contribution in [3.8, 4) is 23.0 Å². The predicted molar refractivity (Wildman–Crippen MR) is 201 cm³/mol. The van der Waals surface area contributed by atoms with Gasteiger partial charge in [-0.1, -0.05) is 55.5 Å². The first kappa shape index (κ1) is 38.2. The molecule has 0 N–H and O–H groups in total. The Balaban J connectivity index is 1.44. The summed E-state index contributed by atoms with van der Waals surface area (Å²) in [7, 11) is 0. The Morgan fingerprint density at radius 1 is 0.560 bits per heavy atom. The number of ether oxygens (including phenoxy) is 4. The Morgan fingerprint density at radius 3 is 1.42 bits per heavy atom. The molecule has 50 heavy (non-hydrogen) atoms. The third kappa shape index (κ3) is 9.77. The van der Waals surface area contributed by atoms with Crippen LogP contribution in [0, 0.1) is 41.5 Å². The van der Waals surface area contributed by atoms with Crippen molar-refractivity contribution in [3.63, 3.8) is 0 Å². The van der Waals surface area contributed by atoms with E-state index in [0.29, 0.717) is 17.9 Å². The van der Waals surface area contributed by atoms with Gasteiger partial charge in [-0.05, 0) is 143 Å². The second-order valence-corrected chi connectivity index (χ2v) is 15.2. The van der Waals surface area contributed by atoms with Crippen LogP contribution in [-0.2, 0) is 16.0 Å². The van der Waals surface area contributed by atoms with Gasteiger partial charge in [0, 0.05) is 26.2 Å². The number of hydrogen-bond acceptors (Lipinski definition) is 6. The van der Waals surface area contributed by atoms with Crippen LogP contribution in [0.25, 0.3) is 0 Å². The SMILES string of the molecule is CC(=O)Oc1ccc(C(C)c2ccc(OC(C)(C)CC(C)(C)Oc3c(C)cc(Cc4cc(C)c(OC(C)=O)c(C)c4)cc3C)c(C)c2)cc1C. The van der Waals surface area contributed by atoms with Crippen molar-refractivity contribution in [1.29, 1.82) is 0 Å². The van der Waals surface area contributed by atoms with E-state index in [2.05, 4.69) is 104 Å². The van der Waals surface area contributed by atoms with Gasteiger partial charge in [-0.15, -0.1) is 0 Å². The van der Waals surface area contributed by atoms with Gasteiger partial charge in [0.25, 0.3) is 0 Å². The van der Waals surface area contributed by atoms with Gasteiger partial charge in [0.2, 0.25) is 0 Å². The van der Waals surface area contributed by atoms with E-state index in [0.717, 1.165) is 56.9 Å². The van der Waals surface area contributed by atoms with E-state index in [1.54, 1.807) is 0 Å². The van der Waals surface area contributed by atoms with E-state index in [1.165, 1.54) is 30.5 Å². The van der Waals surface area contributed by atoms with Crippen LogP contribution >= 0.6 is 0 Å². The monoisotopic (exact) mass is 678 g/mol. The average Bonchev–Trinajstić information content (AvgIpc) is 2.97. The van der Waals surface area contributed by atoms with Gasteiger partial charge >= 0.3 is 11.9 Å². The summed E-state index contributed by atoms with van der Waals surface area (Å²) in [5.41, 5.74) is 9.82. The Morgan fingerprint density at radius 2 is 0.980 bits per heavy atom. The van der Waals surface area contributed by atoms with Crippen LogP contribution in [0.2, 0.25) is 0 Å². The zero-order chi connectivity index (χ0) is 37.1. The van der Waals surface area contributed by atoms with Crippen LogP contribution in [0.3, 0.4) is 0 Å². The molecule has 4 rings (SSSR count). The maximum atomic E-state index is 11.5. The van der Waals surface area contributed by atoms with E-state index in [4.69, 9.17) is 18.9 Å². The third-order valence-corrected chi connectivity index (χ3v) is 8.96. The number of aryl methyl sites for hydroxylation is 6. The van der Waals surface area contributed by atoms with Gasteiger partial charge in [-0.2, -0.15) is 0 Å². The van der Waals surface area contributed by atoms with Gasteiger partial charge in [0.1, 0.15) is 34.2 Å². The molecular formula is C44H54O6. The van der Waals surface area contributed by atoms with Gasteiger partial charge in [-0.25, -0.2) is 0 Å². The van der Waals surface area contributed by atoms with Gasteiger partial charge in [0.05, 0.1) is 0 Å². The number of benzene rings is 4. The molecule has 0 spiro atoms. The molecule has 0 saturated heterocycles. The molecule has 0 bridgehead atoms. The van der Waals surface area contributed by atoms with Crippen molar-refractivity contribution in [3.05, 3.63) is 116 Å². The fraction of sp³-hybridized carbons (Fsp3) is 0.409. The summed E-state index contributed by atoms with van der Waals surface area (Å²) >= 11 is 0. The van der Waals surface area contributed by atoms with E-state index >= 15 is 0 Å². The lowest BCUT2D eigenvalue weighted by Gasteiger charge is -2.37. The molecule has 0 radical (unpaired) electrons. The molecule has 0 heterocycles. The van der Waals surface area contributed by atoms with Crippen molar-refractivity contribution < 1.29 is 28.5 Å². The second-order valence-electron chi connectivity index (χ2n) is 15.2. The molecule has 1 unspecified atom stereocenters. The second kappa shape index (κ2) is 15.1. The molecule has 0 aliphatic carbocycles. The normalized spacial score (nSPS) is 12.3. The van der Waals surface area contributed by atoms with Crippen LogP contribution in [0.4, 0.5) is 0 Å². The van der Waals surface area contributed by atoms with Crippen molar-refractivity contribution in [2.75, 3.05) is 0 Å². The molecule has 0 aliphatic heterocycles. The first-order valence-electron chi connectivity index (χ1n) is 17.4. The number of esters is 2. The molecule has 4 aromatic rings. The molecular weight excluding hydrogens is 624 g/mol. The van der Waals surface area contributed by atoms with Gasteiger partial charge in [0.15, 0.2) is 0 Å². The minimum atomic E-state index is -0.500. The van der Waals surface area contributed by atoms with E-state index in [-0.39, 0.29) is 17.9 Å². The van der Waals surface area contributed by atoms with Gasteiger partial charge in [-0.3, -0.25) is 9.59 Å². The highest BCUT2D eigenvalue weighted by Gasteiger charge is 2.33. The third-order valence-electron chi connectivity index (χ3n) is 8.96. The van der Waals surface area contributed by atoms with Crippen molar-refractivity contribution in [1.82, 2.24) is 0 Å². The van der Waals surface area contributed by atoms with Crippen molar-refractivity contribution >= 4 is 11.9 Å². The predicted octanol–water partition coefficient (Wildman–Crippen LogP) is 10.5. The van der Waals surface area contributed by atoms with Crippen LogP contribution in [-0.4, -0.2) is 23.1 Å². The Bertz CT molecular complexity index is 1850. The molecule has 0 fully saturated rings. The Kier molecular flexibility index (Phi) is 11.6. The molecule has 1 atom stereocenters. The molecule has 0 aromatic heterocycles. The molecule has 4 aromatic carbocycles.